The summed E-state index contributed by atoms with van der Waals surface area (Å²) in [5.41, 5.74) is 3.05. The van der Waals surface area contributed by atoms with Crippen molar-refractivity contribution in [2.45, 2.75) is 6.92 Å². The van der Waals surface area contributed by atoms with Crippen molar-refractivity contribution >= 4 is 22.8 Å². The first kappa shape index (κ1) is 21.7. The molecule has 0 bridgehead atoms. The quantitative estimate of drug-likeness (QED) is 0.494. The normalized spacial score (nSPS) is 13.8. The first-order valence-corrected chi connectivity index (χ1v) is 11.0. The lowest BCUT2D eigenvalue weighted by molar-refractivity contribution is 0.102. The van der Waals surface area contributed by atoms with Gasteiger partial charge in [0.05, 0.1) is 43.5 Å². The van der Waals surface area contributed by atoms with Gasteiger partial charge in [-0.25, -0.2) is 4.52 Å². The van der Waals surface area contributed by atoms with Gasteiger partial charge >= 0.3 is 0 Å². The van der Waals surface area contributed by atoms with Crippen LogP contribution in [0.4, 0.5) is 11.4 Å². The third kappa shape index (κ3) is 3.90. The van der Waals surface area contributed by atoms with E-state index in [0.29, 0.717) is 36.0 Å². The van der Waals surface area contributed by atoms with Gasteiger partial charge in [-0.15, -0.1) is 0 Å². The molecule has 1 aliphatic heterocycles. The molecule has 1 amide bonds. The van der Waals surface area contributed by atoms with Crippen LogP contribution in [0.25, 0.3) is 11.2 Å². The molecule has 0 spiro atoms. The van der Waals surface area contributed by atoms with E-state index in [-0.39, 0.29) is 16.6 Å². The smallest absolute Gasteiger partial charge is 0.282 e. The van der Waals surface area contributed by atoms with Crippen molar-refractivity contribution in [3.63, 3.8) is 0 Å². The Balaban J connectivity index is 1.47. The van der Waals surface area contributed by atoms with E-state index in [1.807, 2.05) is 43.3 Å². The van der Waals surface area contributed by atoms with E-state index in [4.69, 9.17) is 9.47 Å². The zero-order chi connectivity index (χ0) is 23.7. The second kappa shape index (κ2) is 9.03. The topological polar surface area (TPSA) is 90.1 Å². The second-order valence-electron chi connectivity index (χ2n) is 8.04. The van der Waals surface area contributed by atoms with Crippen LogP contribution in [0.5, 0.6) is 5.75 Å². The highest BCUT2D eigenvalue weighted by atomic mass is 16.5. The summed E-state index contributed by atoms with van der Waals surface area (Å²) < 4.78 is 13.8. The first-order chi connectivity index (χ1) is 16.6. The zero-order valence-electron chi connectivity index (χ0n) is 19.0. The Labute approximate surface area is 196 Å². The molecule has 0 unspecified atom stereocenters. The van der Waals surface area contributed by atoms with Crippen molar-refractivity contribution in [3.05, 3.63) is 82.5 Å². The molecule has 5 rings (SSSR count). The predicted molar refractivity (Wildman–Crippen MR) is 130 cm³/mol. The number of ether oxygens (including phenoxy) is 2. The molecule has 0 atom stereocenters. The van der Waals surface area contributed by atoms with Crippen LogP contribution in [-0.2, 0) is 4.74 Å². The van der Waals surface area contributed by atoms with Gasteiger partial charge in [0.1, 0.15) is 11.3 Å². The maximum Gasteiger partial charge on any atom is 0.282 e. The molecular formula is C25H25N5O4. The lowest BCUT2D eigenvalue weighted by Crippen LogP contribution is -2.36. The maximum absolute atomic E-state index is 13.5. The number of aromatic nitrogens is 3. The van der Waals surface area contributed by atoms with Gasteiger partial charge in [0.2, 0.25) is 0 Å². The number of carbonyl (C=O) groups is 1. The fourth-order valence-electron chi connectivity index (χ4n) is 4.19. The molecule has 1 N–H and O–H groups in total. The molecule has 34 heavy (non-hydrogen) atoms. The molecular weight excluding hydrogens is 434 g/mol. The van der Waals surface area contributed by atoms with Gasteiger partial charge in [0, 0.05) is 30.7 Å². The average Bonchev–Trinajstić information content (AvgIpc) is 3.34. The summed E-state index contributed by atoms with van der Waals surface area (Å²) in [4.78, 5) is 28.8. The van der Waals surface area contributed by atoms with Crippen molar-refractivity contribution in [2.24, 2.45) is 0 Å². The number of morpholine rings is 1. The number of fused-ring (bicyclic) bond motifs is 1. The van der Waals surface area contributed by atoms with Gasteiger partial charge in [-0.2, -0.15) is 5.10 Å². The Morgan fingerprint density at radius 1 is 1.09 bits per heavy atom. The van der Waals surface area contributed by atoms with Crippen LogP contribution in [0.3, 0.4) is 0 Å². The number of nitrogens with zero attached hydrogens (tertiary/aromatic N) is 4. The predicted octanol–water partition coefficient (Wildman–Crippen LogP) is 2.89. The average molecular weight is 460 g/mol. The number of benzene rings is 2. The third-order valence-corrected chi connectivity index (χ3v) is 5.93. The Morgan fingerprint density at radius 2 is 1.82 bits per heavy atom. The summed E-state index contributed by atoms with van der Waals surface area (Å²) in [6, 6.07) is 14.9. The molecule has 1 fully saturated rings. The van der Waals surface area contributed by atoms with Crippen molar-refractivity contribution in [3.8, 4) is 11.4 Å². The maximum atomic E-state index is 13.5. The molecule has 3 heterocycles. The van der Waals surface area contributed by atoms with Crippen LogP contribution >= 0.6 is 0 Å². The largest absolute Gasteiger partial charge is 0.495 e. The fraction of sp³-hybridized carbons (Fsp3) is 0.240. The summed E-state index contributed by atoms with van der Waals surface area (Å²) >= 11 is 0. The molecule has 1 saturated heterocycles. The molecule has 0 saturated carbocycles. The summed E-state index contributed by atoms with van der Waals surface area (Å²) in [6.07, 6.45) is 3.11. The Kier molecular flexibility index (Phi) is 5.77. The highest BCUT2D eigenvalue weighted by molar-refractivity contribution is 6.08. The van der Waals surface area contributed by atoms with Crippen molar-refractivity contribution in [1.29, 1.82) is 0 Å². The minimum atomic E-state index is -0.400. The zero-order valence-corrected chi connectivity index (χ0v) is 19.0. The molecule has 9 nitrogen and oxygen atoms in total. The number of anilines is 2. The van der Waals surface area contributed by atoms with Crippen LogP contribution in [0.15, 0.2) is 65.7 Å². The van der Waals surface area contributed by atoms with Crippen LogP contribution in [0.1, 0.15) is 16.1 Å². The molecule has 0 radical (unpaired) electrons. The molecule has 1 aliphatic rings. The highest BCUT2D eigenvalue weighted by Gasteiger charge is 2.20. The first-order valence-electron chi connectivity index (χ1n) is 11.0. The number of carbonyl (C=O) groups excluding carboxylic acids is 1. The van der Waals surface area contributed by atoms with E-state index < -0.39 is 5.91 Å². The van der Waals surface area contributed by atoms with Gasteiger partial charge in [-0.05, 0) is 43.3 Å². The van der Waals surface area contributed by atoms with Crippen molar-refractivity contribution < 1.29 is 14.3 Å². The third-order valence-electron chi connectivity index (χ3n) is 5.93. The Hall–Kier alpha value is -4.11. The lowest BCUT2D eigenvalue weighted by Gasteiger charge is -2.28. The van der Waals surface area contributed by atoms with Gasteiger partial charge in [-0.3, -0.25) is 14.2 Å². The van der Waals surface area contributed by atoms with Crippen molar-refractivity contribution in [1.82, 2.24) is 14.2 Å². The molecule has 2 aromatic carbocycles. The van der Waals surface area contributed by atoms with Crippen LogP contribution < -0.4 is 20.5 Å². The second-order valence-corrected chi connectivity index (χ2v) is 8.04. The standard InChI is InChI=1S/C25H25N5O4/c1-17-16-29(21-5-3-4-6-22(21)33-2)25(32)23-20(15-26-30(17)23)24(31)27-18-7-9-19(10-8-18)28-11-13-34-14-12-28/h3-10,15-16H,11-14H2,1-2H3,(H,27,31). The Morgan fingerprint density at radius 3 is 2.56 bits per heavy atom. The van der Waals surface area contributed by atoms with Gasteiger partial charge in [0.15, 0.2) is 0 Å². The minimum Gasteiger partial charge on any atom is -0.495 e. The summed E-state index contributed by atoms with van der Waals surface area (Å²) in [5, 5.41) is 7.17. The molecule has 4 aromatic rings. The lowest BCUT2D eigenvalue weighted by atomic mass is 10.2. The van der Waals surface area contributed by atoms with Gasteiger partial charge < -0.3 is 19.7 Å². The number of rotatable bonds is 5. The molecule has 0 aliphatic carbocycles. The fourth-order valence-corrected chi connectivity index (χ4v) is 4.19. The summed E-state index contributed by atoms with van der Waals surface area (Å²) in [5.74, 6) is 0.155. The number of hydrogen-bond acceptors (Lipinski definition) is 6. The number of nitrogens with one attached hydrogen (secondary N) is 1. The van der Waals surface area contributed by atoms with E-state index in [1.165, 1.54) is 15.3 Å². The Bertz CT molecular complexity index is 1400. The number of hydrogen-bond donors (Lipinski definition) is 1. The van der Waals surface area contributed by atoms with Gasteiger partial charge in [0.25, 0.3) is 11.5 Å². The van der Waals surface area contributed by atoms with E-state index in [9.17, 15) is 9.59 Å². The van der Waals surface area contributed by atoms with Crippen LogP contribution in [0.2, 0.25) is 0 Å². The minimum absolute atomic E-state index is 0.202. The van der Waals surface area contributed by atoms with Crippen LogP contribution in [-0.4, -0.2) is 53.5 Å². The number of methoxy groups -OCH3 is 1. The number of aryl methyl sites for hydroxylation is 1. The summed E-state index contributed by atoms with van der Waals surface area (Å²) in [6.45, 7) is 4.92. The molecule has 2 aromatic heterocycles. The SMILES string of the molecule is COc1ccccc1-n1cc(C)n2ncc(C(=O)Nc3ccc(N4CCOCC4)cc3)c2c1=O. The molecule has 9 heteroatoms. The van der Waals surface area contributed by atoms with Gasteiger partial charge in [-0.1, -0.05) is 12.1 Å². The van der Waals surface area contributed by atoms with E-state index in [1.54, 1.807) is 25.4 Å². The van der Waals surface area contributed by atoms with E-state index in [2.05, 4.69) is 15.3 Å². The number of amides is 1. The van der Waals surface area contributed by atoms with Crippen molar-refractivity contribution in [2.75, 3.05) is 43.6 Å². The van der Waals surface area contributed by atoms with Crippen LogP contribution in [0, 0.1) is 6.92 Å². The highest BCUT2D eigenvalue weighted by Crippen LogP contribution is 2.23. The monoisotopic (exact) mass is 459 g/mol. The van der Waals surface area contributed by atoms with E-state index >= 15 is 0 Å². The number of para-hydroxylation sites is 2. The molecule has 174 valence electrons. The van der Waals surface area contributed by atoms with E-state index in [0.717, 1.165) is 18.8 Å². The summed E-state index contributed by atoms with van der Waals surface area (Å²) in [7, 11) is 1.55.